The normalized spacial score (nSPS) is 10.8. The van der Waals surface area contributed by atoms with Crippen LogP contribution in [-0.2, 0) is 0 Å². The highest BCUT2D eigenvalue weighted by Crippen LogP contribution is 2.25. The Kier molecular flexibility index (Phi) is 3.99. The maximum absolute atomic E-state index is 13.1. The molecule has 6 heteroatoms. The molecule has 0 unspecified atom stereocenters. The van der Waals surface area contributed by atoms with Crippen LogP contribution in [0, 0.1) is 5.82 Å². The van der Waals surface area contributed by atoms with Crippen molar-refractivity contribution in [3.63, 3.8) is 0 Å². The molecule has 2 aromatic rings. The zero-order valence-corrected chi connectivity index (χ0v) is 12.0. The Morgan fingerprint density at radius 2 is 2.11 bits per heavy atom. The lowest BCUT2D eigenvalue weighted by Gasteiger charge is -2.08. The molecule has 0 spiro atoms. The summed E-state index contributed by atoms with van der Waals surface area (Å²) in [6, 6.07) is 5.48. The van der Waals surface area contributed by atoms with Crippen LogP contribution in [0.4, 0.5) is 4.39 Å². The van der Waals surface area contributed by atoms with Gasteiger partial charge in [0, 0.05) is 5.92 Å². The SMILES string of the molecule is CC(C)c1nc(Oc2ccc(F)c(Br)c2)cc(=O)[nH]1. The van der Waals surface area contributed by atoms with Crippen molar-refractivity contribution in [2.24, 2.45) is 0 Å². The number of hydrogen-bond donors (Lipinski definition) is 1. The van der Waals surface area contributed by atoms with E-state index in [2.05, 4.69) is 25.9 Å². The van der Waals surface area contributed by atoms with Crippen molar-refractivity contribution in [2.45, 2.75) is 19.8 Å². The number of nitrogens with zero attached hydrogens (tertiary/aromatic N) is 1. The predicted molar refractivity (Wildman–Crippen MR) is 73.1 cm³/mol. The van der Waals surface area contributed by atoms with Gasteiger partial charge < -0.3 is 9.72 Å². The van der Waals surface area contributed by atoms with E-state index < -0.39 is 0 Å². The first-order valence-corrected chi connectivity index (χ1v) is 6.49. The van der Waals surface area contributed by atoms with E-state index in [-0.39, 0.29) is 23.2 Å². The van der Waals surface area contributed by atoms with Crippen LogP contribution in [0.25, 0.3) is 0 Å². The van der Waals surface area contributed by atoms with Gasteiger partial charge in [0.25, 0.3) is 5.56 Å². The summed E-state index contributed by atoms with van der Waals surface area (Å²) < 4.78 is 18.8. The van der Waals surface area contributed by atoms with Gasteiger partial charge in [-0.3, -0.25) is 4.79 Å². The second kappa shape index (κ2) is 5.52. The largest absolute Gasteiger partial charge is 0.439 e. The first-order chi connectivity index (χ1) is 8.95. The molecule has 0 aliphatic heterocycles. The number of aromatic nitrogens is 2. The summed E-state index contributed by atoms with van der Waals surface area (Å²) in [4.78, 5) is 18.3. The Hall–Kier alpha value is -1.69. The van der Waals surface area contributed by atoms with E-state index in [9.17, 15) is 9.18 Å². The standard InChI is InChI=1S/C13H12BrFN2O2/c1-7(2)13-16-11(18)6-12(17-13)19-8-3-4-10(15)9(14)5-8/h3-7H,1-2H3,(H,16,17,18). The third-order valence-electron chi connectivity index (χ3n) is 2.40. The molecule has 0 bridgehead atoms. The van der Waals surface area contributed by atoms with Crippen molar-refractivity contribution in [3.8, 4) is 11.6 Å². The molecule has 1 aromatic heterocycles. The average molecular weight is 327 g/mol. The second-order valence-electron chi connectivity index (χ2n) is 4.30. The molecule has 1 N–H and O–H groups in total. The minimum absolute atomic E-state index is 0.0798. The van der Waals surface area contributed by atoms with Crippen LogP contribution in [0.5, 0.6) is 11.6 Å². The van der Waals surface area contributed by atoms with E-state index in [1.165, 1.54) is 24.3 Å². The van der Waals surface area contributed by atoms with Crippen LogP contribution < -0.4 is 10.3 Å². The molecule has 0 aliphatic rings. The van der Waals surface area contributed by atoms with Crippen molar-refractivity contribution >= 4 is 15.9 Å². The summed E-state index contributed by atoms with van der Waals surface area (Å²) in [6.45, 7) is 3.83. The summed E-state index contributed by atoms with van der Waals surface area (Å²) in [6.07, 6.45) is 0. The lowest BCUT2D eigenvalue weighted by molar-refractivity contribution is 0.453. The first kappa shape index (κ1) is 13.7. The molecule has 0 fully saturated rings. The molecule has 1 heterocycles. The molecular weight excluding hydrogens is 315 g/mol. The summed E-state index contributed by atoms with van der Waals surface area (Å²) in [5.74, 6) is 0.834. The topological polar surface area (TPSA) is 55.0 Å². The Bertz CT molecular complexity index is 655. The maximum Gasteiger partial charge on any atom is 0.254 e. The van der Waals surface area contributed by atoms with Gasteiger partial charge in [0.05, 0.1) is 10.5 Å². The fraction of sp³-hybridized carbons (Fsp3) is 0.231. The third kappa shape index (κ3) is 3.41. The predicted octanol–water partition coefficient (Wildman–Crippen LogP) is 3.59. The molecule has 19 heavy (non-hydrogen) atoms. The van der Waals surface area contributed by atoms with E-state index in [0.29, 0.717) is 16.0 Å². The fourth-order valence-corrected chi connectivity index (χ4v) is 1.80. The average Bonchev–Trinajstić information content (AvgIpc) is 2.33. The van der Waals surface area contributed by atoms with E-state index in [0.717, 1.165) is 0 Å². The number of nitrogens with one attached hydrogen (secondary N) is 1. The third-order valence-corrected chi connectivity index (χ3v) is 3.00. The lowest BCUT2D eigenvalue weighted by Crippen LogP contribution is -2.11. The minimum Gasteiger partial charge on any atom is -0.439 e. The number of aromatic amines is 1. The molecule has 0 radical (unpaired) electrons. The van der Waals surface area contributed by atoms with Gasteiger partial charge in [-0.15, -0.1) is 0 Å². The van der Waals surface area contributed by atoms with Crippen molar-refractivity contribution in [1.29, 1.82) is 0 Å². The second-order valence-corrected chi connectivity index (χ2v) is 5.16. The zero-order valence-electron chi connectivity index (χ0n) is 10.4. The van der Waals surface area contributed by atoms with Crippen molar-refractivity contribution in [1.82, 2.24) is 9.97 Å². The summed E-state index contributed by atoms with van der Waals surface area (Å²) in [5.41, 5.74) is -0.283. The monoisotopic (exact) mass is 326 g/mol. The first-order valence-electron chi connectivity index (χ1n) is 5.70. The summed E-state index contributed by atoms with van der Waals surface area (Å²) in [7, 11) is 0. The van der Waals surface area contributed by atoms with Crippen LogP contribution in [0.15, 0.2) is 33.5 Å². The molecule has 0 atom stereocenters. The molecule has 2 rings (SSSR count). The summed E-state index contributed by atoms with van der Waals surface area (Å²) in [5, 5.41) is 0. The van der Waals surface area contributed by atoms with Crippen molar-refractivity contribution in [2.75, 3.05) is 0 Å². The van der Waals surface area contributed by atoms with Gasteiger partial charge in [-0.05, 0) is 34.1 Å². The number of benzene rings is 1. The number of rotatable bonds is 3. The van der Waals surface area contributed by atoms with E-state index in [1.54, 1.807) is 0 Å². The molecule has 1 aromatic carbocycles. The smallest absolute Gasteiger partial charge is 0.254 e. The Labute approximate surface area is 117 Å². The molecule has 100 valence electrons. The highest BCUT2D eigenvalue weighted by Gasteiger charge is 2.08. The highest BCUT2D eigenvalue weighted by atomic mass is 79.9. The zero-order chi connectivity index (χ0) is 14.0. The summed E-state index contributed by atoms with van der Waals surface area (Å²) >= 11 is 3.07. The molecular formula is C13H12BrFN2O2. The van der Waals surface area contributed by atoms with Gasteiger partial charge in [-0.2, -0.15) is 4.98 Å². The Balaban J connectivity index is 2.32. The minimum atomic E-state index is -0.380. The van der Waals surface area contributed by atoms with Gasteiger partial charge >= 0.3 is 0 Å². The van der Waals surface area contributed by atoms with Crippen LogP contribution in [0.2, 0.25) is 0 Å². The number of ether oxygens (including phenoxy) is 1. The van der Waals surface area contributed by atoms with E-state index in [4.69, 9.17) is 4.74 Å². The number of H-pyrrole nitrogens is 1. The van der Waals surface area contributed by atoms with Crippen LogP contribution >= 0.6 is 15.9 Å². The molecule has 0 amide bonds. The van der Waals surface area contributed by atoms with Crippen molar-refractivity contribution < 1.29 is 9.13 Å². The number of halogens is 2. The molecule has 0 saturated carbocycles. The van der Waals surface area contributed by atoms with Gasteiger partial charge in [0.1, 0.15) is 17.4 Å². The van der Waals surface area contributed by atoms with Gasteiger partial charge in [0.15, 0.2) is 0 Å². The van der Waals surface area contributed by atoms with Crippen LogP contribution in [0.1, 0.15) is 25.6 Å². The van der Waals surface area contributed by atoms with Crippen LogP contribution in [0.3, 0.4) is 0 Å². The van der Waals surface area contributed by atoms with Gasteiger partial charge in [-0.25, -0.2) is 4.39 Å². The van der Waals surface area contributed by atoms with Crippen LogP contribution in [-0.4, -0.2) is 9.97 Å². The highest BCUT2D eigenvalue weighted by molar-refractivity contribution is 9.10. The van der Waals surface area contributed by atoms with Gasteiger partial charge in [0.2, 0.25) is 5.88 Å². The lowest BCUT2D eigenvalue weighted by atomic mass is 10.2. The number of hydrogen-bond acceptors (Lipinski definition) is 3. The molecule has 0 saturated heterocycles. The quantitative estimate of drug-likeness (QED) is 0.937. The Morgan fingerprint density at radius 1 is 1.37 bits per heavy atom. The van der Waals surface area contributed by atoms with Gasteiger partial charge in [-0.1, -0.05) is 13.8 Å². The fourth-order valence-electron chi connectivity index (χ4n) is 1.44. The Morgan fingerprint density at radius 3 is 2.74 bits per heavy atom. The van der Waals surface area contributed by atoms with Crippen molar-refractivity contribution in [3.05, 3.63) is 50.7 Å². The maximum atomic E-state index is 13.1. The molecule has 0 aliphatic carbocycles. The molecule has 4 nitrogen and oxygen atoms in total. The van der Waals surface area contributed by atoms with E-state index in [1.807, 2.05) is 13.8 Å². The van der Waals surface area contributed by atoms with E-state index >= 15 is 0 Å².